The second-order valence-corrected chi connectivity index (χ2v) is 8.74. The highest BCUT2D eigenvalue weighted by Crippen LogP contribution is 2.24. The molecule has 10 nitrogen and oxygen atoms in total. The number of ether oxygens (including phenoxy) is 2. The average molecular weight is 475 g/mol. The third-order valence-electron chi connectivity index (χ3n) is 4.99. The molecule has 10 heteroatoms. The minimum atomic E-state index is -1.22. The molecule has 3 amide bonds. The van der Waals surface area contributed by atoms with E-state index in [1.807, 2.05) is 13.0 Å². The van der Waals surface area contributed by atoms with Crippen LogP contribution in [0, 0.1) is 17.2 Å². The van der Waals surface area contributed by atoms with Crippen LogP contribution in [-0.2, 0) is 23.9 Å². The summed E-state index contributed by atoms with van der Waals surface area (Å²) >= 11 is 0. The standard InChI is InChI=1S/C24H34N4O6/c1-7-16(2)19(27-23(32)34-24(3,4)5)22(31)28(14-13-25)20(17-11-9-8-10-12-17)21(30)26-15-18(29)33-6/h8-12,16,19-20H,7,14-15H2,1-6H3,(H,26,30)(H,27,32). The molecule has 0 aliphatic heterocycles. The van der Waals surface area contributed by atoms with E-state index in [1.165, 1.54) is 7.11 Å². The van der Waals surface area contributed by atoms with Crippen molar-refractivity contribution in [1.29, 1.82) is 5.26 Å². The highest BCUT2D eigenvalue weighted by atomic mass is 16.6. The number of benzene rings is 1. The molecule has 0 fully saturated rings. The Labute approximate surface area is 200 Å². The Kier molecular flexibility index (Phi) is 11.0. The van der Waals surface area contributed by atoms with Crippen LogP contribution >= 0.6 is 0 Å². The predicted molar refractivity (Wildman–Crippen MR) is 124 cm³/mol. The average Bonchev–Trinajstić information content (AvgIpc) is 2.79. The lowest BCUT2D eigenvalue weighted by Gasteiger charge is -2.34. The Morgan fingerprint density at radius 2 is 1.76 bits per heavy atom. The first-order valence-electron chi connectivity index (χ1n) is 11.0. The zero-order valence-corrected chi connectivity index (χ0v) is 20.6. The van der Waals surface area contributed by atoms with Crippen LogP contribution in [0.3, 0.4) is 0 Å². The maximum Gasteiger partial charge on any atom is 0.408 e. The topological polar surface area (TPSA) is 138 Å². The predicted octanol–water partition coefficient (Wildman–Crippen LogP) is 2.31. The van der Waals surface area contributed by atoms with Crippen molar-refractivity contribution >= 4 is 23.9 Å². The fraction of sp³-hybridized carbons (Fsp3) is 0.542. The Morgan fingerprint density at radius 1 is 1.15 bits per heavy atom. The summed E-state index contributed by atoms with van der Waals surface area (Å²) in [5.41, 5.74) is -0.339. The lowest BCUT2D eigenvalue weighted by atomic mass is 9.96. The zero-order valence-electron chi connectivity index (χ0n) is 20.6. The van der Waals surface area contributed by atoms with E-state index in [2.05, 4.69) is 15.4 Å². The molecule has 0 aromatic heterocycles. The van der Waals surface area contributed by atoms with Crippen LogP contribution < -0.4 is 10.6 Å². The normalized spacial score (nSPS) is 13.4. The van der Waals surface area contributed by atoms with Crippen LogP contribution in [0.2, 0.25) is 0 Å². The van der Waals surface area contributed by atoms with Crippen molar-refractivity contribution in [3.63, 3.8) is 0 Å². The summed E-state index contributed by atoms with van der Waals surface area (Å²) in [6.45, 7) is 7.90. The second kappa shape index (κ2) is 13.2. The molecular weight excluding hydrogens is 440 g/mol. The summed E-state index contributed by atoms with van der Waals surface area (Å²) in [6.07, 6.45) is -0.244. The molecule has 1 aromatic rings. The van der Waals surface area contributed by atoms with Gasteiger partial charge in [0.2, 0.25) is 11.8 Å². The van der Waals surface area contributed by atoms with Gasteiger partial charge in [0, 0.05) is 0 Å². The summed E-state index contributed by atoms with van der Waals surface area (Å²) in [5.74, 6) is -2.28. The van der Waals surface area contributed by atoms with Crippen molar-refractivity contribution in [2.45, 2.75) is 58.7 Å². The van der Waals surface area contributed by atoms with Crippen LogP contribution in [0.5, 0.6) is 0 Å². The van der Waals surface area contributed by atoms with Crippen molar-refractivity contribution in [1.82, 2.24) is 15.5 Å². The molecule has 0 saturated carbocycles. The molecule has 0 aliphatic carbocycles. The smallest absolute Gasteiger partial charge is 0.408 e. The molecule has 34 heavy (non-hydrogen) atoms. The summed E-state index contributed by atoms with van der Waals surface area (Å²) in [5, 5.41) is 14.5. The van der Waals surface area contributed by atoms with Crippen LogP contribution in [0.15, 0.2) is 30.3 Å². The van der Waals surface area contributed by atoms with E-state index in [0.29, 0.717) is 12.0 Å². The molecule has 1 aromatic carbocycles. The maximum atomic E-state index is 13.7. The van der Waals surface area contributed by atoms with Crippen molar-refractivity contribution in [2.75, 3.05) is 20.2 Å². The highest BCUT2D eigenvalue weighted by Gasteiger charge is 2.38. The molecule has 2 N–H and O–H groups in total. The van der Waals surface area contributed by atoms with Gasteiger partial charge in [-0.2, -0.15) is 5.26 Å². The van der Waals surface area contributed by atoms with E-state index in [9.17, 15) is 24.4 Å². The molecule has 0 saturated heterocycles. The Bertz CT molecular complexity index is 891. The number of nitrogens with one attached hydrogen (secondary N) is 2. The summed E-state index contributed by atoms with van der Waals surface area (Å²) in [4.78, 5) is 51.9. The van der Waals surface area contributed by atoms with E-state index in [1.54, 1.807) is 58.0 Å². The van der Waals surface area contributed by atoms with Gasteiger partial charge in [-0.1, -0.05) is 50.6 Å². The third-order valence-corrected chi connectivity index (χ3v) is 4.99. The third kappa shape index (κ3) is 8.73. The molecular formula is C24H34N4O6. The number of amides is 3. The van der Waals surface area contributed by atoms with E-state index in [0.717, 1.165) is 4.90 Å². The van der Waals surface area contributed by atoms with Gasteiger partial charge in [-0.15, -0.1) is 0 Å². The lowest BCUT2D eigenvalue weighted by Crippen LogP contribution is -2.55. The van der Waals surface area contributed by atoms with Gasteiger partial charge in [0.25, 0.3) is 0 Å². The monoisotopic (exact) mass is 474 g/mol. The SMILES string of the molecule is CCC(C)C(NC(=O)OC(C)(C)C)C(=O)N(CC#N)C(C(=O)NCC(=O)OC)c1ccccc1. The number of carbonyl (C=O) groups excluding carboxylic acids is 4. The molecule has 1 rings (SSSR count). The van der Waals surface area contributed by atoms with Gasteiger partial charge in [-0.05, 0) is 32.3 Å². The first kappa shape index (κ1) is 28.4. The van der Waals surface area contributed by atoms with Gasteiger partial charge in [-0.3, -0.25) is 14.4 Å². The van der Waals surface area contributed by atoms with Gasteiger partial charge in [0.15, 0.2) is 0 Å². The van der Waals surface area contributed by atoms with Crippen LogP contribution in [0.25, 0.3) is 0 Å². The molecule has 186 valence electrons. The van der Waals surface area contributed by atoms with Gasteiger partial charge in [0.05, 0.1) is 13.2 Å². The van der Waals surface area contributed by atoms with Gasteiger partial charge in [-0.25, -0.2) is 4.79 Å². The van der Waals surface area contributed by atoms with E-state index in [4.69, 9.17) is 4.74 Å². The summed E-state index contributed by atoms with van der Waals surface area (Å²) < 4.78 is 9.87. The Balaban J connectivity index is 3.38. The fourth-order valence-electron chi connectivity index (χ4n) is 3.11. The molecule has 0 heterocycles. The van der Waals surface area contributed by atoms with Crippen molar-refractivity contribution < 1.29 is 28.7 Å². The van der Waals surface area contributed by atoms with Gasteiger partial charge in [0.1, 0.15) is 30.8 Å². The number of alkyl carbamates (subject to hydrolysis) is 1. The molecule has 0 radical (unpaired) electrons. The number of carbonyl (C=O) groups is 4. The van der Waals surface area contributed by atoms with Gasteiger partial charge >= 0.3 is 12.1 Å². The quantitative estimate of drug-likeness (QED) is 0.392. The Hall–Kier alpha value is -3.61. The van der Waals surface area contributed by atoms with Crippen LogP contribution in [-0.4, -0.2) is 60.6 Å². The molecule has 0 aliphatic rings. The Morgan fingerprint density at radius 3 is 2.26 bits per heavy atom. The van der Waals surface area contributed by atoms with E-state index < -0.39 is 54.7 Å². The number of hydrogen-bond donors (Lipinski definition) is 2. The molecule has 0 spiro atoms. The molecule has 3 unspecified atom stereocenters. The minimum Gasteiger partial charge on any atom is -0.468 e. The molecule has 3 atom stereocenters. The molecule has 0 bridgehead atoms. The fourth-order valence-corrected chi connectivity index (χ4v) is 3.11. The van der Waals surface area contributed by atoms with E-state index >= 15 is 0 Å². The number of methoxy groups -OCH3 is 1. The first-order valence-corrected chi connectivity index (χ1v) is 11.0. The van der Waals surface area contributed by atoms with Crippen LogP contribution in [0.1, 0.15) is 52.6 Å². The van der Waals surface area contributed by atoms with Crippen molar-refractivity contribution in [2.24, 2.45) is 5.92 Å². The van der Waals surface area contributed by atoms with Crippen molar-refractivity contribution in [3.8, 4) is 6.07 Å². The van der Waals surface area contributed by atoms with Gasteiger partial charge < -0.3 is 25.0 Å². The maximum absolute atomic E-state index is 13.7. The largest absolute Gasteiger partial charge is 0.468 e. The number of nitrogens with zero attached hydrogens (tertiary/aromatic N) is 2. The number of rotatable bonds is 10. The first-order chi connectivity index (χ1) is 15.9. The second-order valence-electron chi connectivity index (χ2n) is 8.74. The lowest BCUT2D eigenvalue weighted by molar-refractivity contribution is -0.144. The number of hydrogen-bond acceptors (Lipinski definition) is 7. The highest BCUT2D eigenvalue weighted by molar-refractivity contribution is 5.93. The summed E-state index contributed by atoms with van der Waals surface area (Å²) in [7, 11) is 1.19. The van der Waals surface area contributed by atoms with E-state index in [-0.39, 0.29) is 5.92 Å². The zero-order chi connectivity index (χ0) is 25.9. The van der Waals surface area contributed by atoms with Crippen LogP contribution in [0.4, 0.5) is 4.79 Å². The number of nitriles is 1. The summed E-state index contributed by atoms with van der Waals surface area (Å²) in [6, 6.07) is 8.06. The van der Waals surface area contributed by atoms with Crippen molar-refractivity contribution in [3.05, 3.63) is 35.9 Å². The minimum absolute atomic E-state index is 0.323. The number of esters is 1.